The highest BCUT2D eigenvalue weighted by molar-refractivity contribution is 4.72. The third-order valence-electron chi connectivity index (χ3n) is 2.26. The molecule has 0 aromatic carbocycles. The minimum absolute atomic E-state index is 0.118. The van der Waals surface area contributed by atoms with Gasteiger partial charge in [-0.15, -0.1) is 0 Å². The van der Waals surface area contributed by atoms with Crippen LogP contribution in [0.3, 0.4) is 0 Å². The van der Waals surface area contributed by atoms with Crippen LogP contribution in [0, 0.1) is 11.8 Å². The molecule has 74 valence electrons. The molecule has 0 fully saturated rings. The summed E-state index contributed by atoms with van der Waals surface area (Å²) in [6, 6.07) is 0. The molecule has 1 nitrogen and oxygen atoms in total. The van der Waals surface area contributed by atoms with Gasteiger partial charge in [0, 0.05) is 19.4 Å². The van der Waals surface area contributed by atoms with Crippen molar-refractivity contribution in [3.63, 3.8) is 0 Å². The van der Waals surface area contributed by atoms with E-state index in [2.05, 4.69) is 0 Å². The zero-order valence-corrected chi connectivity index (χ0v) is 7.98. The number of aliphatic hydroxyl groups excluding tert-OH is 1. The van der Waals surface area contributed by atoms with Gasteiger partial charge in [-0.3, -0.25) is 0 Å². The predicted octanol–water partition coefficient (Wildman–Crippen LogP) is 2.69. The SMILES string of the molecule is CCC(F)(F)C[C@H](CO)C(C)C. The first-order chi connectivity index (χ1) is 5.43. The summed E-state index contributed by atoms with van der Waals surface area (Å²) in [5, 5.41) is 8.82. The summed E-state index contributed by atoms with van der Waals surface area (Å²) < 4.78 is 25.7. The molecule has 0 aliphatic rings. The van der Waals surface area contributed by atoms with Gasteiger partial charge in [-0.25, -0.2) is 8.78 Å². The van der Waals surface area contributed by atoms with E-state index in [1.807, 2.05) is 13.8 Å². The van der Waals surface area contributed by atoms with E-state index in [0.29, 0.717) is 0 Å². The number of hydrogen-bond donors (Lipinski definition) is 1. The first-order valence-electron chi connectivity index (χ1n) is 4.41. The van der Waals surface area contributed by atoms with Gasteiger partial charge in [0.1, 0.15) is 0 Å². The molecule has 0 aliphatic carbocycles. The second-order valence-corrected chi connectivity index (χ2v) is 3.60. The van der Waals surface area contributed by atoms with E-state index in [4.69, 9.17) is 5.11 Å². The van der Waals surface area contributed by atoms with Crippen LogP contribution in [0.4, 0.5) is 8.78 Å². The van der Waals surface area contributed by atoms with Crippen LogP contribution < -0.4 is 0 Å². The normalized spacial score (nSPS) is 15.2. The van der Waals surface area contributed by atoms with E-state index in [0.717, 1.165) is 0 Å². The zero-order valence-electron chi connectivity index (χ0n) is 7.98. The molecule has 3 heteroatoms. The Bertz CT molecular complexity index is 124. The Morgan fingerprint density at radius 1 is 1.33 bits per heavy atom. The number of alkyl halides is 2. The summed E-state index contributed by atoms with van der Waals surface area (Å²) >= 11 is 0. The average Bonchev–Trinajstić information content (AvgIpc) is 2.00. The highest BCUT2D eigenvalue weighted by Crippen LogP contribution is 2.29. The highest BCUT2D eigenvalue weighted by Gasteiger charge is 2.31. The number of hydrogen-bond acceptors (Lipinski definition) is 1. The molecule has 0 aliphatic heterocycles. The minimum Gasteiger partial charge on any atom is -0.396 e. The van der Waals surface area contributed by atoms with Gasteiger partial charge in [0.05, 0.1) is 0 Å². The van der Waals surface area contributed by atoms with Gasteiger partial charge < -0.3 is 5.11 Å². The molecule has 0 aromatic rings. The van der Waals surface area contributed by atoms with Gasteiger partial charge in [0.15, 0.2) is 0 Å². The summed E-state index contributed by atoms with van der Waals surface area (Å²) in [7, 11) is 0. The maximum Gasteiger partial charge on any atom is 0.248 e. The highest BCUT2D eigenvalue weighted by atomic mass is 19.3. The number of halogens is 2. The molecular weight excluding hydrogens is 162 g/mol. The molecule has 0 radical (unpaired) electrons. The first-order valence-corrected chi connectivity index (χ1v) is 4.41. The Morgan fingerprint density at radius 3 is 2.08 bits per heavy atom. The van der Waals surface area contributed by atoms with Crippen molar-refractivity contribution in [1.29, 1.82) is 0 Å². The Hall–Kier alpha value is -0.180. The van der Waals surface area contributed by atoms with E-state index >= 15 is 0 Å². The summed E-state index contributed by atoms with van der Waals surface area (Å²) in [6.07, 6.45) is -0.339. The number of aliphatic hydroxyl groups is 1. The lowest BCUT2D eigenvalue weighted by Gasteiger charge is -2.23. The van der Waals surface area contributed by atoms with Crippen molar-refractivity contribution in [1.82, 2.24) is 0 Å². The summed E-state index contributed by atoms with van der Waals surface area (Å²) in [6.45, 7) is 5.03. The van der Waals surface area contributed by atoms with Crippen molar-refractivity contribution >= 4 is 0 Å². The predicted molar refractivity (Wildman–Crippen MR) is 45.3 cm³/mol. The fourth-order valence-electron chi connectivity index (χ4n) is 1.04. The lowest BCUT2D eigenvalue weighted by Crippen LogP contribution is -2.25. The molecule has 0 saturated carbocycles. The molecule has 0 aromatic heterocycles. The van der Waals surface area contributed by atoms with Gasteiger partial charge in [-0.2, -0.15) is 0 Å². The van der Waals surface area contributed by atoms with Gasteiger partial charge in [0.2, 0.25) is 5.92 Å². The van der Waals surface area contributed by atoms with E-state index in [-0.39, 0.29) is 31.3 Å². The summed E-state index contributed by atoms with van der Waals surface area (Å²) in [5.41, 5.74) is 0. The van der Waals surface area contributed by atoms with Gasteiger partial charge >= 0.3 is 0 Å². The molecule has 0 amide bonds. The average molecular weight is 180 g/mol. The van der Waals surface area contributed by atoms with Crippen molar-refractivity contribution in [2.75, 3.05) is 6.61 Å². The molecule has 1 N–H and O–H groups in total. The zero-order chi connectivity index (χ0) is 9.78. The maximum atomic E-state index is 12.8. The standard InChI is InChI=1S/C9H18F2O/c1-4-9(10,11)5-8(6-12)7(2)3/h7-8,12H,4-6H2,1-3H3/t8-/m1/s1. The fraction of sp³-hybridized carbons (Fsp3) is 1.00. The lowest BCUT2D eigenvalue weighted by atomic mass is 9.90. The topological polar surface area (TPSA) is 20.2 Å². The second-order valence-electron chi connectivity index (χ2n) is 3.60. The van der Waals surface area contributed by atoms with E-state index in [1.54, 1.807) is 0 Å². The van der Waals surface area contributed by atoms with Crippen LogP contribution in [-0.2, 0) is 0 Å². The van der Waals surface area contributed by atoms with Crippen LogP contribution in [0.1, 0.15) is 33.6 Å². The first kappa shape index (κ1) is 11.8. The van der Waals surface area contributed by atoms with Crippen molar-refractivity contribution in [3.8, 4) is 0 Å². The third kappa shape index (κ3) is 4.00. The van der Waals surface area contributed by atoms with E-state index < -0.39 is 5.92 Å². The quantitative estimate of drug-likeness (QED) is 0.689. The molecular formula is C9H18F2O. The fourth-order valence-corrected chi connectivity index (χ4v) is 1.04. The second kappa shape index (κ2) is 4.75. The van der Waals surface area contributed by atoms with Crippen LogP contribution in [0.5, 0.6) is 0 Å². The van der Waals surface area contributed by atoms with E-state index in [9.17, 15) is 8.78 Å². The Morgan fingerprint density at radius 2 is 1.83 bits per heavy atom. The van der Waals surface area contributed by atoms with Crippen molar-refractivity contribution in [2.45, 2.75) is 39.5 Å². The molecule has 1 atom stereocenters. The monoisotopic (exact) mass is 180 g/mol. The van der Waals surface area contributed by atoms with Crippen LogP contribution in [-0.4, -0.2) is 17.6 Å². The smallest absolute Gasteiger partial charge is 0.248 e. The lowest BCUT2D eigenvalue weighted by molar-refractivity contribution is -0.0404. The molecule has 0 bridgehead atoms. The van der Waals surface area contributed by atoms with Gasteiger partial charge in [0.25, 0.3) is 0 Å². The van der Waals surface area contributed by atoms with Gasteiger partial charge in [-0.05, 0) is 11.8 Å². The Balaban J connectivity index is 4.01. The van der Waals surface area contributed by atoms with Crippen molar-refractivity contribution < 1.29 is 13.9 Å². The van der Waals surface area contributed by atoms with Crippen molar-refractivity contribution in [3.05, 3.63) is 0 Å². The molecule has 0 saturated heterocycles. The molecule has 0 unspecified atom stereocenters. The molecule has 12 heavy (non-hydrogen) atoms. The summed E-state index contributed by atoms with van der Waals surface area (Å²) in [5.74, 6) is -2.77. The largest absolute Gasteiger partial charge is 0.396 e. The van der Waals surface area contributed by atoms with Crippen LogP contribution in [0.25, 0.3) is 0 Å². The van der Waals surface area contributed by atoms with Crippen LogP contribution in [0.15, 0.2) is 0 Å². The van der Waals surface area contributed by atoms with Crippen LogP contribution in [0.2, 0.25) is 0 Å². The Labute approximate surface area is 72.8 Å². The summed E-state index contributed by atoms with van der Waals surface area (Å²) in [4.78, 5) is 0. The molecule has 0 spiro atoms. The van der Waals surface area contributed by atoms with E-state index in [1.165, 1.54) is 6.92 Å². The van der Waals surface area contributed by atoms with Gasteiger partial charge in [-0.1, -0.05) is 20.8 Å². The maximum absolute atomic E-state index is 12.8. The third-order valence-corrected chi connectivity index (χ3v) is 2.26. The number of rotatable bonds is 5. The van der Waals surface area contributed by atoms with Crippen LogP contribution >= 0.6 is 0 Å². The van der Waals surface area contributed by atoms with Crippen molar-refractivity contribution in [2.24, 2.45) is 11.8 Å². The minimum atomic E-state index is -2.61. The molecule has 0 heterocycles. The molecule has 0 rings (SSSR count). The Kier molecular flexibility index (Phi) is 4.68.